The van der Waals surface area contributed by atoms with Crippen molar-refractivity contribution >= 4 is 17.5 Å². The molecule has 0 bridgehead atoms. The van der Waals surface area contributed by atoms with E-state index in [0.717, 1.165) is 0 Å². The second kappa shape index (κ2) is 7.79. The first-order chi connectivity index (χ1) is 10.3. The molecule has 0 spiro atoms. The van der Waals surface area contributed by atoms with E-state index in [-0.39, 0.29) is 18.4 Å². The molecule has 3 N–H and O–H groups in total. The van der Waals surface area contributed by atoms with E-state index in [9.17, 15) is 9.59 Å². The van der Waals surface area contributed by atoms with E-state index >= 15 is 0 Å². The number of amides is 2. The number of carbonyl (C=O) groups is 2. The van der Waals surface area contributed by atoms with Gasteiger partial charge < -0.3 is 20.7 Å². The molecule has 0 heterocycles. The van der Waals surface area contributed by atoms with Crippen LogP contribution in [0.15, 0.2) is 24.3 Å². The third kappa shape index (κ3) is 5.37. The van der Waals surface area contributed by atoms with Crippen molar-refractivity contribution in [1.82, 2.24) is 4.90 Å². The topological polar surface area (TPSA) is 84.7 Å². The van der Waals surface area contributed by atoms with Gasteiger partial charge in [0.15, 0.2) is 6.61 Å². The van der Waals surface area contributed by atoms with Gasteiger partial charge >= 0.3 is 0 Å². The Bertz CT molecular complexity index is 520. The second-order valence-corrected chi connectivity index (χ2v) is 5.56. The number of rotatable bonds is 7. The fourth-order valence-electron chi connectivity index (χ4n) is 1.77. The lowest BCUT2D eigenvalue weighted by Crippen LogP contribution is -2.45. The number of nitrogens with zero attached hydrogens (tertiary/aromatic N) is 1. The first-order valence-corrected chi connectivity index (χ1v) is 7.38. The van der Waals surface area contributed by atoms with Crippen molar-refractivity contribution in [1.29, 1.82) is 0 Å². The average Bonchev–Trinajstić information content (AvgIpc) is 2.46. The molecular formula is C16H25N3O3. The zero-order valence-electron chi connectivity index (χ0n) is 13.7. The second-order valence-electron chi connectivity index (χ2n) is 5.56. The molecule has 0 aliphatic carbocycles. The predicted molar refractivity (Wildman–Crippen MR) is 86.8 cm³/mol. The summed E-state index contributed by atoms with van der Waals surface area (Å²) in [5.74, 6) is 0.166. The van der Waals surface area contributed by atoms with E-state index in [4.69, 9.17) is 10.5 Å². The van der Waals surface area contributed by atoms with Crippen molar-refractivity contribution in [3.05, 3.63) is 24.3 Å². The molecular weight excluding hydrogens is 282 g/mol. The molecule has 122 valence electrons. The van der Waals surface area contributed by atoms with Gasteiger partial charge in [-0.15, -0.1) is 0 Å². The number of carbonyl (C=O) groups excluding carboxylic acids is 2. The monoisotopic (exact) mass is 307 g/mol. The van der Waals surface area contributed by atoms with Gasteiger partial charge in [0.2, 0.25) is 5.91 Å². The lowest BCUT2D eigenvalue weighted by molar-refractivity contribution is -0.133. The van der Waals surface area contributed by atoms with Crippen LogP contribution < -0.4 is 15.8 Å². The highest BCUT2D eigenvalue weighted by molar-refractivity contribution is 5.97. The number of likely N-dealkylation sites (N-methyl/N-ethyl adjacent to an activating group) is 1. The van der Waals surface area contributed by atoms with Crippen LogP contribution in [0.25, 0.3) is 0 Å². The Labute approximate surface area is 131 Å². The van der Waals surface area contributed by atoms with Gasteiger partial charge in [0, 0.05) is 24.8 Å². The minimum atomic E-state index is -0.963. The summed E-state index contributed by atoms with van der Waals surface area (Å²) in [7, 11) is 0. The standard InChI is InChI=1S/C16H25N3O3/c1-5-19(6-2)14(20)11-22-13-9-7-8-12(10-13)18-15(21)16(3,4)17/h7-10H,5-6,11,17H2,1-4H3,(H,18,21). The molecule has 1 aromatic rings. The molecule has 6 heteroatoms. The molecule has 0 fully saturated rings. The van der Waals surface area contributed by atoms with Gasteiger partial charge in [-0.05, 0) is 39.8 Å². The first-order valence-electron chi connectivity index (χ1n) is 7.38. The smallest absolute Gasteiger partial charge is 0.260 e. The van der Waals surface area contributed by atoms with Crippen LogP contribution >= 0.6 is 0 Å². The van der Waals surface area contributed by atoms with Gasteiger partial charge in [-0.1, -0.05) is 6.07 Å². The highest BCUT2D eigenvalue weighted by atomic mass is 16.5. The summed E-state index contributed by atoms with van der Waals surface area (Å²) in [4.78, 5) is 25.4. The lowest BCUT2D eigenvalue weighted by Gasteiger charge is -2.19. The van der Waals surface area contributed by atoms with Crippen LogP contribution in [0.1, 0.15) is 27.7 Å². The molecule has 0 saturated heterocycles. The molecule has 0 atom stereocenters. The largest absolute Gasteiger partial charge is 0.484 e. The average molecular weight is 307 g/mol. The van der Waals surface area contributed by atoms with Crippen LogP contribution in [0.2, 0.25) is 0 Å². The highest BCUT2D eigenvalue weighted by Gasteiger charge is 2.21. The third-order valence-electron chi connectivity index (χ3n) is 3.16. The molecule has 0 saturated carbocycles. The van der Waals surface area contributed by atoms with Gasteiger partial charge in [-0.25, -0.2) is 0 Å². The molecule has 6 nitrogen and oxygen atoms in total. The fraction of sp³-hybridized carbons (Fsp3) is 0.500. The van der Waals surface area contributed by atoms with Gasteiger partial charge in [0.05, 0.1) is 5.54 Å². The zero-order chi connectivity index (χ0) is 16.8. The molecule has 0 aromatic heterocycles. The number of anilines is 1. The first kappa shape index (κ1) is 18.0. The molecule has 0 aliphatic heterocycles. The molecule has 1 aromatic carbocycles. The number of nitrogens with two attached hydrogens (primary N) is 1. The van der Waals surface area contributed by atoms with Crippen LogP contribution in [0, 0.1) is 0 Å². The van der Waals surface area contributed by atoms with E-state index in [0.29, 0.717) is 24.5 Å². The van der Waals surface area contributed by atoms with Gasteiger partial charge in [-0.2, -0.15) is 0 Å². The molecule has 0 aliphatic rings. The Morgan fingerprint density at radius 3 is 2.45 bits per heavy atom. The van der Waals surface area contributed by atoms with Crippen molar-refractivity contribution in [2.24, 2.45) is 5.73 Å². The number of nitrogens with one attached hydrogen (secondary N) is 1. The van der Waals surface area contributed by atoms with E-state index in [2.05, 4.69) is 5.32 Å². The summed E-state index contributed by atoms with van der Waals surface area (Å²) in [5.41, 5.74) is 5.35. The predicted octanol–water partition coefficient (Wildman–Crippen LogP) is 1.61. The Hall–Kier alpha value is -2.08. The van der Waals surface area contributed by atoms with Crippen LogP contribution in [0.5, 0.6) is 5.75 Å². The quantitative estimate of drug-likeness (QED) is 0.801. The lowest BCUT2D eigenvalue weighted by atomic mass is 10.1. The van der Waals surface area contributed by atoms with Crippen molar-refractivity contribution in [2.75, 3.05) is 25.0 Å². The number of hydrogen-bond acceptors (Lipinski definition) is 4. The van der Waals surface area contributed by atoms with E-state index < -0.39 is 5.54 Å². The summed E-state index contributed by atoms with van der Waals surface area (Å²) in [6.45, 7) is 8.39. The van der Waals surface area contributed by atoms with Crippen LogP contribution in [-0.4, -0.2) is 41.9 Å². The van der Waals surface area contributed by atoms with Crippen LogP contribution in [-0.2, 0) is 9.59 Å². The van der Waals surface area contributed by atoms with Crippen molar-refractivity contribution in [2.45, 2.75) is 33.2 Å². The maximum absolute atomic E-state index is 11.9. The Morgan fingerprint density at radius 2 is 1.91 bits per heavy atom. The van der Waals surface area contributed by atoms with E-state index in [1.54, 1.807) is 43.0 Å². The fourth-order valence-corrected chi connectivity index (χ4v) is 1.77. The van der Waals surface area contributed by atoms with E-state index in [1.807, 2.05) is 13.8 Å². The zero-order valence-corrected chi connectivity index (χ0v) is 13.7. The minimum Gasteiger partial charge on any atom is -0.484 e. The normalized spacial score (nSPS) is 11.0. The number of benzene rings is 1. The van der Waals surface area contributed by atoms with Crippen molar-refractivity contribution in [3.8, 4) is 5.75 Å². The Kier molecular flexibility index (Phi) is 6.37. The molecule has 22 heavy (non-hydrogen) atoms. The van der Waals surface area contributed by atoms with Gasteiger partial charge in [-0.3, -0.25) is 9.59 Å². The van der Waals surface area contributed by atoms with Crippen LogP contribution in [0.3, 0.4) is 0 Å². The highest BCUT2D eigenvalue weighted by Crippen LogP contribution is 2.18. The maximum Gasteiger partial charge on any atom is 0.260 e. The summed E-state index contributed by atoms with van der Waals surface area (Å²) < 4.78 is 5.49. The summed E-state index contributed by atoms with van der Waals surface area (Å²) in [6, 6.07) is 6.89. The summed E-state index contributed by atoms with van der Waals surface area (Å²) >= 11 is 0. The minimum absolute atomic E-state index is 0.0263. The Morgan fingerprint density at radius 1 is 1.27 bits per heavy atom. The summed E-state index contributed by atoms with van der Waals surface area (Å²) in [6.07, 6.45) is 0. The van der Waals surface area contributed by atoms with E-state index in [1.165, 1.54) is 0 Å². The van der Waals surface area contributed by atoms with Crippen molar-refractivity contribution < 1.29 is 14.3 Å². The number of ether oxygens (including phenoxy) is 1. The van der Waals surface area contributed by atoms with Gasteiger partial charge in [0.1, 0.15) is 5.75 Å². The molecule has 0 radical (unpaired) electrons. The Balaban J connectivity index is 2.65. The maximum atomic E-state index is 11.9. The van der Waals surface area contributed by atoms with Crippen molar-refractivity contribution in [3.63, 3.8) is 0 Å². The van der Waals surface area contributed by atoms with Gasteiger partial charge in [0.25, 0.3) is 5.91 Å². The van der Waals surface area contributed by atoms with Crippen LogP contribution in [0.4, 0.5) is 5.69 Å². The molecule has 0 unspecified atom stereocenters. The number of hydrogen-bond donors (Lipinski definition) is 2. The molecule has 1 rings (SSSR count). The molecule has 2 amide bonds. The third-order valence-corrected chi connectivity index (χ3v) is 3.16. The summed E-state index contributed by atoms with van der Waals surface area (Å²) in [5, 5.41) is 2.72. The SMILES string of the molecule is CCN(CC)C(=O)COc1cccc(NC(=O)C(C)(C)N)c1.